The third kappa shape index (κ3) is 5.42. The van der Waals surface area contributed by atoms with Crippen LogP contribution in [0, 0.1) is 0 Å². The molecule has 0 aliphatic rings. The van der Waals surface area contributed by atoms with Gasteiger partial charge in [0.1, 0.15) is 5.75 Å². The Kier molecular flexibility index (Phi) is 6.42. The minimum absolute atomic E-state index is 0.152. The van der Waals surface area contributed by atoms with Gasteiger partial charge < -0.3 is 15.0 Å². The van der Waals surface area contributed by atoms with Crippen LogP contribution in [-0.2, 0) is 6.54 Å². The molecule has 0 amide bonds. The van der Waals surface area contributed by atoms with Crippen molar-refractivity contribution in [3.8, 4) is 5.75 Å². The lowest BCUT2D eigenvalue weighted by molar-refractivity contribution is 0.242. The van der Waals surface area contributed by atoms with Crippen molar-refractivity contribution >= 4 is 17.5 Å². The highest BCUT2D eigenvalue weighted by Crippen LogP contribution is 2.21. The van der Waals surface area contributed by atoms with Gasteiger partial charge in [0.2, 0.25) is 5.95 Å². The maximum atomic E-state index is 5.68. The molecule has 146 valence electrons. The normalized spacial score (nSPS) is 10.9. The second-order valence-electron chi connectivity index (χ2n) is 7.16. The number of hydrogen-bond donors (Lipinski definition) is 1. The summed E-state index contributed by atoms with van der Waals surface area (Å²) in [5.74, 6) is 2.10. The van der Waals surface area contributed by atoms with Crippen LogP contribution in [0.1, 0.15) is 33.3 Å². The summed E-state index contributed by atoms with van der Waals surface area (Å²) >= 11 is 0. The standard InChI is InChI=1S/C22H27N5O/c1-16(2)27(15-18-8-6-5-7-9-18)22-25-21(14-23-26-22)24-19-10-12-20(13-11-19)28-17(3)4/h5-14,16-17H,15H2,1-4H3,(H,24,25,26). The van der Waals surface area contributed by atoms with Gasteiger partial charge >= 0.3 is 0 Å². The van der Waals surface area contributed by atoms with Gasteiger partial charge in [-0.3, -0.25) is 0 Å². The van der Waals surface area contributed by atoms with Crippen LogP contribution >= 0.6 is 0 Å². The molecule has 0 atom stereocenters. The van der Waals surface area contributed by atoms with Crippen molar-refractivity contribution in [3.63, 3.8) is 0 Å². The smallest absolute Gasteiger partial charge is 0.247 e. The van der Waals surface area contributed by atoms with E-state index in [1.165, 1.54) is 5.56 Å². The molecule has 6 heteroatoms. The van der Waals surface area contributed by atoms with Crippen molar-refractivity contribution in [1.29, 1.82) is 0 Å². The molecule has 0 aliphatic heterocycles. The Morgan fingerprint density at radius 2 is 1.68 bits per heavy atom. The Morgan fingerprint density at radius 1 is 0.964 bits per heavy atom. The van der Waals surface area contributed by atoms with Gasteiger partial charge in [0.25, 0.3) is 0 Å². The van der Waals surface area contributed by atoms with Crippen molar-refractivity contribution in [3.05, 3.63) is 66.4 Å². The second kappa shape index (κ2) is 9.17. The van der Waals surface area contributed by atoms with Gasteiger partial charge in [0.05, 0.1) is 12.3 Å². The Hall–Kier alpha value is -3.15. The SMILES string of the molecule is CC(C)Oc1ccc(Nc2cnnc(N(Cc3ccccc3)C(C)C)n2)cc1. The Bertz CT molecular complexity index is 866. The van der Waals surface area contributed by atoms with Gasteiger partial charge in [-0.15, -0.1) is 5.10 Å². The zero-order valence-corrected chi connectivity index (χ0v) is 16.8. The fourth-order valence-electron chi connectivity index (χ4n) is 2.78. The highest BCUT2D eigenvalue weighted by molar-refractivity contribution is 5.57. The Labute approximate surface area is 166 Å². The Morgan fingerprint density at radius 3 is 2.32 bits per heavy atom. The van der Waals surface area contributed by atoms with E-state index in [0.717, 1.165) is 18.0 Å². The molecule has 2 aromatic carbocycles. The van der Waals surface area contributed by atoms with E-state index in [1.54, 1.807) is 6.20 Å². The van der Waals surface area contributed by atoms with E-state index in [0.29, 0.717) is 11.8 Å². The summed E-state index contributed by atoms with van der Waals surface area (Å²) in [4.78, 5) is 6.80. The molecule has 0 radical (unpaired) electrons. The van der Waals surface area contributed by atoms with Crippen LogP contribution in [0.15, 0.2) is 60.8 Å². The van der Waals surface area contributed by atoms with Crippen molar-refractivity contribution in [2.24, 2.45) is 0 Å². The van der Waals surface area contributed by atoms with Crippen LogP contribution in [0.5, 0.6) is 5.75 Å². The predicted molar refractivity (Wildman–Crippen MR) is 113 cm³/mol. The number of ether oxygens (including phenoxy) is 1. The molecule has 3 aromatic rings. The monoisotopic (exact) mass is 377 g/mol. The number of nitrogens with one attached hydrogen (secondary N) is 1. The van der Waals surface area contributed by atoms with Crippen molar-refractivity contribution in [1.82, 2.24) is 15.2 Å². The number of benzene rings is 2. The quantitative estimate of drug-likeness (QED) is 0.607. The summed E-state index contributed by atoms with van der Waals surface area (Å²) in [6.07, 6.45) is 1.78. The van der Waals surface area contributed by atoms with Crippen LogP contribution in [-0.4, -0.2) is 27.3 Å². The van der Waals surface area contributed by atoms with Gasteiger partial charge in [-0.05, 0) is 57.5 Å². The number of rotatable bonds is 8. The fourth-order valence-corrected chi connectivity index (χ4v) is 2.78. The average molecular weight is 377 g/mol. The zero-order valence-electron chi connectivity index (χ0n) is 16.8. The van der Waals surface area contributed by atoms with Crippen LogP contribution in [0.3, 0.4) is 0 Å². The lowest BCUT2D eigenvalue weighted by Gasteiger charge is -2.26. The van der Waals surface area contributed by atoms with Gasteiger partial charge in [0.15, 0.2) is 5.82 Å². The van der Waals surface area contributed by atoms with Gasteiger partial charge in [0, 0.05) is 18.3 Å². The van der Waals surface area contributed by atoms with E-state index in [2.05, 4.69) is 51.4 Å². The molecule has 0 spiro atoms. The van der Waals surface area contributed by atoms with Crippen LogP contribution < -0.4 is 15.0 Å². The maximum absolute atomic E-state index is 5.68. The summed E-state index contributed by atoms with van der Waals surface area (Å²) in [6.45, 7) is 9.00. The highest BCUT2D eigenvalue weighted by Gasteiger charge is 2.15. The van der Waals surface area contributed by atoms with Gasteiger partial charge in [-0.2, -0.15) is 10.1 Å². The third-order valence-corrected chi connectivity index (χ3v) is 4.12. The summed E-state index contributed by atoms with van der Waals surface area (Å²) in [5, 5.41) is 11.7. The molecular weight excluding hydrogens is 350 g/mol. The first-order valence-corrected chi connectivity index (χ1v) is 9.55. The summed E-state index contributed by atoms with van der Waals surface area (Å²) in [7, 11) is 0. The van der Waals surface area contributed by atoms with Crippen LogP contribution in [0.2, 0.25) is 0 Å². The molecule has 0 saturated carbocycles. The lowest BCUT2D eigenvalue weighted by Crippen LogP contribution is -2.32. The summed E-state index contributed by atoms with van der Waals surface area (Å²) < 4.78 is 5.68. The lowest BCUT2D eigenvalue weighted by atomic mass is 10.2. The molecule has 0 fully saturated rings. The summed E-state index contributed by atoms with van der Waals surface area (Å²) in [6, 6.07) is 18.3. The first-order valence-electron chi connectivity index (χ1n) is 9.55. The molecular formula is C22H27N5O. The first-order chi connectivity index (χ1) is 13.5. The van der Waals surface area contributed by atoms with E-state index in [4.69, 9.17) is 4.74 Å². The molecule has 1 heterocycles. The topological polar surface area (TPSA) is 63.2 Å². The molecule has 0 unspecified atom stereocenters. The number of nitrogens with zero attached hydrogens (tertiary/aromatic N) is 4. The van der Waals surface area contributed by atoms with E-state index in [-0.39, 0.29) is 12.1 Å². The van der Waals surface area contributed by atoms with Crippen LogP contribution in [0.25, 0.3) is 0 Å². The highest BCUT2D eigenvalue weighted by atomic mass is 16.5. The molecule has 1 aromatic heterocycles. The largest absolute Gasteiger partial charge is 0.491 e. The average Bonchev–Trinajstić information content (AvgIpc) is 2.68. The molecule has 0 aliphatic carbocycles. The molecule has 6 nitrogen and oxygen atoms in total. The van der Waals surface area contributed by atoms with Crippen molar-refractivity contribution in [2.45, 2.75) is 46.4 Å². The minimum atomic E-state index is 0.152. The molecule has 1 N–H and O–H groups in total. The van der Waals surface area contributed by atoms with E-state index in [9.17, 15) is 0 Å². The molecule has 0 bridgehead atoms. The van der Waals surface area contributed by atoms with E-state index in [1.807, 2.05) is 56.3 Å². The second-order valence-corrected chi connectivity index (χ2v) is 7.16. The molecule has 0 saturated heterocycles. The van der Waals surface area contributed by atoms with Gasteiger partial charge in [-0.1, -0.05) is 30.3 Å². The first kappa shape index (κ1) is 19.6. The predicted octanol–water partition coefficient (Wildman–Crippen LogP) is 4.82. The number of anilines is 3. The van der Waals surface area contributed by atoms with E-state index >= 15 is 0 Å². The van der Waals surface area contributed by atoms with Crippen molar-refractivity contribution in [2.75, 3.05) is 10.2 Å². The Balaban J connectivity index is 1.74. The van der Waals surface area contributed by atoms with Crippen molar-refractivity contribution < 1.29 is 4.74 Å². The summed E-state index contributed by atoms with van der Waals surface area (Å²) in [5.41, 5.74) is 2.13. The number of hydrogen-bond acceptors (Lipinski definition) is 6. The number of aromatic nitrogens is 3. The third-order valence-electron chi connectivity index (χ3n) is 4.12. The van der Waals surface area contributed by atoms with Crippen LogP contribution in [0.4, 0.5) is 17.5 Å². The van der Waals surface area contributed by atoms with Gasteiger partial charge in [-0.25, -0.2) is 0 Å². The molecule has 3 rings (SSSR count). The minimum Gasteiger partial charge on any atom is -0.491 e. The fraction of sp³-hybridized carbons (Fsp3) is 0.318. The van der Waals surface area contributed by atoms with E-state index < -0.39 is 0 Å². The molecule has 28 heavy (non-hydrogen) atoms. The maximum Gasteiger partial charge on any atom is 0.247 e. The zero-order chi connectivity index (χ0) is 19.9.